The number of nitrogens with one attached hydrogen (secondary N) is 1. The van der Waals surface area contributed by atoms with Gasteiger partial charge in [0.05, 0.1) is 6.26 Å². The van der Waals surface area contributed by atoms with Crippen LogP contribution >= 0.6 is 0 Å². The number of benzene rings is 2. The second kappa shape index (κ2) is 7.07. The number of hydrogen-bond acceptors (Lipinski definition) is 3. The molecule has 0 aliphatic carbocycles. The molecule has 5 nitrogen and oxygen atoms in total. The molecular formula is C21H17FN2O3. The zero-order chi connectivity index (χ0) is 18.8. The highest BCUT2D eigenvalue weighted by molar-refractivity contribution is 6.00. The highest BCUT2D eigenvalue weighted by Gasteiger charge is 2.35. The molecule has 0 spiro atoms. The van der Waals surface area contributed by atoms with E-state index in [4.69, 9.17) is 4.42 Å². The summed E-state index contributed by atoms with van der Waals surface area (Å²) in [5.41, 5.74) is 2.51. The topological polar surface area (TPSA) is 62.6 Å². The molecule has 2 amide bonds. The van der Waals surface area contributed by atoms with Crippen molar-refractivity contribution in [3.05, 3.63) is 89.6 Å². The van der Waals surface area contributed by atoms with E-state index in [0.29, 0.717) is 18.7 Å². The Hall–Kier alpha value is -3.41. The SMILES string of the molecule is O=C(Nc1ccc(F)cc1)C1Cc2ccccc2CN1C(=O)c1ccco1. The van der Waals surface area contributed by atoms with Gasteiger partial charge in [0, 0.05) is 18.7 Å². The van der Waals surface area contributed by atoms with Crippen molar-refractivity contribution < 1.29 is 18.4 Å². The third-order valence-corrected chi connectivity index (χ3v) is 4.66. The van der Waals surface area contributed by atoms with E-state index in [-0.39, 0.29) is 23.4 Å². The van der Waals surface area contributed by atoms with Gasteiger partial charge in [-0.05, 0) is 47.5 Å². The first-order chi connectivity index (χ1) is 13.1. The molecule has 0 saturated carbocycles. The molecule has 1 aliphatic heterocycles. The van der Waals surface area contributed by atoms with Crippen molar-refractivity contribution in [1.29, 1.82) is 0 Å². The predicted molar refractivity (Wildman–Crippen MR) is 97.5 cm³/mol. The zero-order valence-electron chi connectivity index (χ0n) is 14.4. The largest absolute Gasteiger partial charge is 0.459 e. The van der Waals surface area contributed by atoms with Crippen LogP contribution in [-0.4, -0.2) is 22.8 Å². The van der Waals surface area contributed by atoms with Crippen molar-refractivity contribution in [2.24, 2.45) is 0 Å². The predicted octanol–water partition coefficient (Wildman–Crippen LogP) is 3.62. The molecule has 27 heavy (non-hydrogen) atoms. The van der Waals surface area contributed by atoms with Crippen LogP contribution in [-0.2, 0) is 17.8 Å². The molecule has 4 rings (SSSR count). The van der Waals surface area contributed by atoms with Gasteiger partial charge in [-0.25, -0.2) is 4.39 Å². The lowest BCUT2D eigenvalue weighted by Gasteiger charge is -2.35. The van der Waals surface area contributed by atoms with Crippen LogP contribution in [0.2, 0.25) is 0 Å². The zero-order valence-corrected chi connectivity index (χ0v) is 14.4. The summed E-state index contributed by atoms with van der Waals surface area (Å²) in [5.74, 6) is -0.854. The summed E-state index contributed by atoms with van der Waals surface area (Å²) in [6.45, 7) is 0.317. The highest BCUT2D eigenvalue weighted by Crippen LogP contribution is 2.26. The van der Waals surface area contributed by atoms with Gasteiger partial charge in [0.15, 0.2) is 5.76 Å². The molecule has 6 heteroatoms. The molecule has 0 bridgehead atoms. The lowest BCUT2D eigenvalue weighted by Crippen LogP contribution is -2.50. The van der Waals surface area contributed by atoms with Gasteiger partial charge in [-0.2, -0.15) is 0 Å². The maximum absolute atomic E-state index is 13.1. The number of halogens is 1. The average Bonchev–Trinajstić information content (AvgIpc) is 3.23. The molecule has 1 atom stereocenters. The van der Waals surface area contributed by atoms with E-state index < -0.39 is 6.04 Å². The molecule has 2 aromatic carbocycles. The van der Waals surface area contributed by atoms with Crippen molar-refractivity contribution in [1.82, 2.24) is 4.90 Å². The number of furan rings is 1. The van der Waals surface area contributed by atoms with Crippen LogP contribution in [0.5, 0.6) is 0 Å². The lowest BCUT2D eigenvalue weighted by molar-refractivity contribution is -0.121. The van der Waals surface area contributed by atoms with Crippen molar-refractivity contribution in [3.63, 3.8) is 0 Å². The molecule has 0 radical (unpaired) electrons. The first-order valence-electron chi connectivity index (χ1n) is 8.59. The second-order valence-electron chi connectivity index (χ2n) is 6.40. The fourth-order valence-electron chi connectivity index (χ4n) is 3.27. The molecular weight excluding hydrogens is 347 g/mol. The maximum Gasteiger partial charge on any atom is 0.290 e. The number of nitrogens with zero attached hydrogens (tertiary/aromatic N) is 1. The summed E-state index contributed by atoms with van der Waals surface area (Å²) >= 11 is 0. The Morgan fingerprint density at radius 2 is 1.74 bits per heavy atom. The van der Waals surface area contributed by atoms with E-state index in [0.717, 1.165) is 11.1 Å². The summed E-state index contributed by atoms with van der Waals surface area (Å²) in [6.07, 6.45) is 1.83. The molecule has 1 aliphatic rings. The van der Waals surface area contributed by atoms with Gasteiger partial charge >= 0.3 is 0 Å². The maximum atomic E-state index is 13.1. The standard InChI is InChI=1S/C21H17FN2O3/c22-16-7-9-17(10-8-16)23-20(25)18-12-14-4-1-2-5-15(14)13-24(18)21(26)19-6-3-11-27-19/h1-11,18H,12-13H2,(H,23,25). The minimum absolute atomic E-state index is 0.189. The van der Waals surface area contributed by atoms with Crippen LogP contribution in [0, 0.1) is 5.82 Å². The molecule has 0 fully saturated rings. The quantitative estimate of drug-likeness (QED) is 0.772. The average molecular weight is 364 g/mol. The Labute approximate surface area is 155 Å². The molecule has 1 unspecified atom stereocenters. The number of carbonyl (C=O) groups excluding carboxylic acids is 2. The van der Waals surface area contributed by atoms with Gasteiger partial charge in [0.1, 0.15) is 11.9 Å². The smallest absolute Gasteiger partial charge is 0.290 e. The Morgan fingerprint density at radius 1 is 1.00 bits per heavy atom. The van der Waals surface area contributed by atoms with Gasteiger partial charge in [0.25, 0.3) is 5.91 Å². The van der Waals surface area contributed by atoms with Crippen molar-refractivity contribution in [3.8, 4) is 0 Å². The Balaban J connectivity index is 1.63. The van der Waals surface area contributed by atoms with Crippen LogP contribution in [0.4, 0.5) is 10.1 Å². The highest BCUT2D eigenvalue weighted by atomic mass is 19.1. The number of anilines is 1. The Kier molecular flexibility index (Phi) is 4.46. The van der Waals surface area contributed by atoms with Crippen LogP contribution in [0.3, 0.4) is 0 Å². The van der Waals surface area contributed by atoms with Gasteiger partial charge in [-0.3, -0.25) is 9.59 Å². The molecule has 1 N–H and O–H groups in total. The van der Waals surface area contributed by atoms with Gasteiger partial charge < -0.3 is 14.6 Å². The molecule has 3 aromatic rings. The van der Waals surface area contributed by atoms with Crippen molar-refractivity contribution >= 4 is 17.5 Å². The summed E-state index contributed by atoms with van der Waals surface area (Å²) in [5, 5.41) is 2.77. The monoisotopic (exact) mass is 364 g/mol. The number of amides is 2. The van der Waals surface area contributed by atoms with Crippen LogP contribution < -0.4 is 5.32 Å². The second-order valence-corrected chi connectivity index (χ2v) is 6.40. The van der Waals surface area contributed by atoms with Crippen LogP contribution in [0.15, 0.2) is 71.3 Å². The molecule has 0 saturated heterocycles. The minimum Gasteiger partial charge on any atom is -0.459 e. The third kappa shape index (κ3) is 3.46. The summed E-state index contributed by atoms with van der Waals surface area (Å²) < 4.78 is 18.3. The first-order valence-corrected chi connectivity index (χ1v) is 8.59. The van der Waals surface area contributed by atoms with Crippen LogP contribution in [0.1, 0.15) is 21.7 Å². The minimum atomic E-state index is -0.692. The number of fused-ring (bicyclic) bond motifs is 1. The van der Waals surface area contributed by atoms with E-state index in [2.05, 4.69) is 5.32 Å². The number of rotatable bonds is 3. The fourth-order valence-corrected chi connectivity index (χ4v) is 3.27. The van der Waals surface area contributed by atoms with E-state index in [9.17, 15) is 14.0 Å². The first kappa shape index (κ1) is 17.0. The Bertz CT molecular complexity index is 967. The summed E-state index contributed by atoms with van der Waals surface area (Å²) in [6, 6.07) is 15.8. The summed E-state index contributed by atoms with van der Waals surface area (Å²) in [4.78, 5) is 27.3. The van der Waals surface area contributed by atoms with E-state index in [1.807, 2.05) is 24.3 Å². The van der Waals surface area contributed by atoms with Crippen molar-refractivity contribution in [2.45, 2.75) is 19.0 Å². The van der Waals surface area contributed by atoms with E-state index in [1.54, 1.807) is 12.1 Å². The number of hydrogen-bond donors (Lipinski definition) is 1. The van der Waals surface area contributed by atoms with Crippen LogP contribution in [0.25, 0.3) is 0 Å². The molecule has 136 valence electrons. The normalized spacial score (nSPS) is 15.9. The van der Waals surface area contributed by atoms with Gasteiger partial charge in [-0.1, -0.05) is 24.3 Å². The Morgan fingerprint density at radius 3 is 2.44 bits per heavy atom. The fraction of sp³-hybridized carbons (Fsp3) is 0.143. The summed E-state index contributed by atoms with van der Waals surface area (Å²) in [7, 11) is 0. The van der Waals surface area contributed by atoms with Gasteiger partial charge in [0.2, 0.25) is 5.91 Å². The van der Waals surface area contributed by atoms with Crippen molar-refractivity contribution in [2.75, 3.05) is 5.32 Å². The van der Waals surface area contributed by atoms with E-state index in [1.165, 1.54) is 35.4 Å². The molecule has 1 aromatic heterocycles. The molecule has 2 heterocycles. The van der Waals surface area contributed by atoms with Gasteiger partial charge in [-0.15, -0.1) is 0 Å². The third-order valence-electron chi connectivity index (χ3n) is 4.66. The van der Waals surface area contributed by atoms with E-state index >= 15 is 0 Å². The lowest BCUT2D eigenvalue weighted by atomic mass is 9.93. The number of carbonyl (C=O) groups is 2.